The summed E-state index contributed by atoms with van der Waals surface area (Å²) < 4.78 is 5.33. The van der Waals surface area contributed by atoms with Crippen LogP contribution in [-0.2, 0) is 6.54 Å². The van der Waals surface area contributed by atoms with Crippen LogP contribution >= 0.6 is 35.0 Å². The van der Waals surface area contributed by atoms with Crippen molar-refractivity contribution in [3.05, 3.63) is 82.0 Å². The number of halogens is 2. The van der Waals surface area contributed by atoms with E-state index < -0.39 is 0 Å². The summed E-state index contributed by atoms with van der Waals surface area (Å²) in [5, 5.41) is 14.7. The van der Waals surface area contributed by atoms with Gasteiger partial charge in [0.25, 0.3) is 0 Å². The number of methoxy groups -OCH3 is 1. The van der Waals surface area contributed by atoms with Gasteiger partial charge in [-0.1, -0.05) is 59.6 Å². The topological polar surface area (TPSA) is 61.2 Å². The van der Waals surface area contributed by atoms with Crippen molar-refractivity contribution in [2.45, 2.75) is 6.54 Å². The van der Waals surface area contributed by atoms with E-state index in [9.17, 15) is 5.26 Å². The number of nitriles is 1. The van der Waals surface area contributed by atoms with Crippen LogP contribution in [-0.4, -0.2) is 41.6 Å². The van der Waals surface area contributed by atoms with Crippen LogP contribution in [0.1, 0.15) is 11.1 Å². The molecule has 3 aromatic carbocycles. The molecule has 1 fully saturated rings. The number of hydrogen-bond acceptors (Lipinski definition) is 6. The number of nitrogens with one attached hydrogen (secondary N) is 1. The van der Waals surface area contributed by atoms with E-state index in [0.29, 0.717) is 32.7 Å². The number of ether oxygens (including phenoxy) is 1. The molecule has 0 saturated carbocycles. The molecule has 8 heteroatoms. The summed E-state index contributed by atoms with van der Waals surface area (Å²) >= 11 is 14.6. The Balaban J connectivity index is 1.45. The molecule has 0 unspecified atom stereocenters. The van der Waals surface area contributed by atoms with Gasteiger partial charge in [0.05, 0.1) is 39.6 Å². The molecule has 1 N–H and O–H groups in total. The van der Waals surface area contributed by atoms with E-state index in [0.717, 1.165) is 41.7 Å². The maximum atomic E-state index is 9.73. The number of hydrogen-bond donors (Lipinski definition) is 1. The first kappa shape index (κ1) is 24.7. The Labute approximate surface area is 225 Å². The van der Waals surface area contributed by atoms with Crippen molar-refractivity contribution >= 4 is 57.2 Å². The van der Waals surface area contributed by atoms with Gasteiger partial charge in [-0.25, -0.2) is 0 Å². The van der Waals surface area contributed by atoms with Crippen LogP contribution in [0.2, 0.25) is 10.0 Å². The second kappa shape index (κ2) is 11.0. The zero-order valence-electron chi connectivity index (χ0n) is 19.7. The fourth-order valence-electron chi connectivity index (χ4n) is 4.33. The molecule has 1 aromatic heterocycles. The van der Waals surface area contributed by atoms with Crippen molar-refractivity contribution in [1.29, 1.82) is 5.26 Å². The molecule has 0 atom stereocenters. The molecule has 1 saturated heterocycles. The first-order valence-electron chi connectivity index (χ1n) is 11.6. The monoisotopic (exact) mass is 534 g/mol. The van der Waals surface area contributed by atoms with E-state index in [4.69, 9.17) is 27.9 Å². The van der Waals surface area contributed by atoms with E-state index >= 15 is 0 Å². The summed E-state index contributed by atoms with van der Waals surface area (Å²) in [7, 11) is 1.54. The Morgan fingerprint density at radius 3 is 2.50 bits per heavy atom. The van der Waals surface area contributed by atoms with E-state index in [2.05, 4.69) is 51.6 Å². The molecule has 4 aromatic rings. The Bertz CT molecular complexity index is 1450. The van der Waals surface area contributed by atoms with E-state index in [1.165, 1.54) is 17.1 Å². The van der Waals surface area contributed by atoms with Crippen LogP contribution < -0.4 is 10.1 Å². The second-order valence-corrected chi connectivity index (χ2v) is 10.6. The van der Waals surface area contributed by atoms with Gasteiger partial charge in [0.1, 0.15) is 11.8 Å². The lowest BCUT2D eigenvalue weighted by molar-refractivity contribution is 0.294. The molecule has 36 heavy (non-hydrogen) atoms. The van der Waals surface area contributed by atoms with Gasteiger partial charge in [-0.2, -0.15) is 17.0 Å². The summed E-state index contributed by atoms with van der Waals surface area (Å²) in [6.07, 6.45) is 1.58. The van der Waals surface area contributed by atoms with Crippen LogP contribution in [0.3, 0.4) is 0 Å². The zero-order chi connectivity index (χ0) is 25.1. The number of rotatable bonds is 6. The standard InChI is InChI=1S/C28H24Cl2N4OS/c1-35-27-14-26(23(29)13-24(27)30)33-28-21(15-31)16-32-25-12-20(6-7-22(25)28)19-4-2-18(3-5-19)17-34-8-10-36-11-9-34/h2-7,12-14,16H,8-11,17H2,1H3,(H,32,33). The van der Waals surface area contributed by atoms with E-state index in [1.54, 1.807) is 25.4 Å². The highest BCUT2D eigenvalue weighted by Crippen LogP contribution is 2.38. The first-order chi connectivity index (χ1) is 17.6. The van der Waals surface area contributed by atoms with Crippen LogP contribution in [0.25, 0.3) is 22.0 Å². The minimum atomic E-state index is 0.415. The van der Waals surface area contributed by atoms with Gasteiger partial charge in [0, 0.05) is 48.8 Å². The van der Waals surface area contributed by atoms with Crippen molar-refractivity contribution in [3.63, 3.8) is 0 Å². The third-order valence-corrected chi connectivity index (χ3v) is 7.84. The van der Waals surface area contributed by atoms with Gasteiger partial charge in [-0.05, 0) is 28.8 Å². The van der Waals surface area contributed by atoms with Crippen molar-refractivity contribution in [2.24, 2.45) is 0 Å². The number of benzene rings is 3. The molecule has 0 bridgehead atoms. The van der Waals surface area contributed by atoms with Crippen LogP contribution in [0.4, 0.5) is 11.4 Å². The highest BCUT2D eigenvalue weighted by Gasteiger charge is 2.15. The Hall–Kier alpha value is -2.95. The summed E-state index contributed by atoms with van der Waals surface area (Å²) in [5.41, 5.74) is 5.94. The average Bonchev–Trinajstić information content (AvgIpc) is 2.91. The largest absolute Gasteiger partial charge is 0.495 e. The van der Waals surface area contributed by atoms with Crippen molar-refractivity contribution in [1.82, 2.24) is 9.88 Å². The van der Waals surface area contributed by atoms with Crippen LogP contribution in [0.15, 0.2) is 60.8 Å². The van der Waals surface area contributed by atoms with Gasteiger partial charge < -0.3 is 10.1 Å². The number of fused-ring (bicyclic) bond motifs is 1. The van der Waals surface area contributed by atoms with Gasteiger partial charge in [0.2, 0.25) is 0 Å². The summed E-state index contributed by atoms with van der Waals surface area (Å²) in [6.45, 7) is 3.29. The minimum Gasteiger partial charge on any atom is -0.495 e. The maximum absolute atomic E-state index is 9.73. The second-order valence-electron chi connectivity index (χ2n) is 8.57. The molecule has 0 radical (unpaired) electrons. The lowest BCUT2D eigenvalue weighted by Gasteiger charge is -2.26. The zero-order valence-corrected chi connectivity index (χ0v) is 22.1. The van der Waals surface area contributed by atoms with Crippen molar-refractivity contribution in [3.8, 4) is 22.9 Å². The first-order valence-corrected chi connectivity index (χ1v) is 13.5. The summed E-state index contributed by atoms with van der Waals surface area (Å²) in [5.74, 6) is 2.92. The predicted octanol–water partition coefficient (Wildman–Crippen LogP) is 7.38. The third kappa shape index (κ3) is 5.25. The molecule has 1 aliphatic heterocycles. The predicted molar refractivity (Wildman–Crippen MR) is 151 cm³/mol. The molecule has 2 heterocycles. The third-order valence-electron chi connectivity index (χ3n) is 6.29. The van der Waals surface area contributed by atoms with E-state index in [-0.39, 0.29) is 0 Å². The Kier molecular flexibility index (Phi) is 7.54. The van der Waals surface area contributed by atoms with Crippen LogP contribution in [0, 0.1) is 11.3 Å². The van der Waals surface area contributed by atoms with Crippen LogP contribution in [0.5, 0.6) is 5.75 Å². The number of aromatic nitrogens is 1. The molecular weight excluding hydrogens is 511 g/mol. The molecule has 0 spiro atoms. The summed E-state index contributed by atoms with van der Waals surface area (Å²) in [6, 6.07) is 20.4. The molecule has 0 amide bonds. The van der Waals surface area contributed by atoms with Gasteiger partial charge in [0.15, 0.2) is 0 Å². The minimum absolute atomic E-state index is 0.415. The molecule has 5 rings (SSSR count). The fourth-order valence-corrected chi connectivity index (χ4v) is 5.81. The molecule has 182 valence electrons. The van der Waals surface area contributed by atoms with Gasteiger partial charge in [-0.3, -0.25) is 9.88 Å². The van der Waals surface area contributed by atoms with Crippen molar-refractivity contribution in [2.75, 3.05) is 37.0 Å². The Morgan fingerprint density at radius 2 is 1.78 bits per heavy atom. The van der Waals surface area contributed by atoms with Gasteiger partial charge >= 0.3 is 0 Å². The molecule has 1 aliphatic rings. The SMILES string of the molecule is COc1cc(Nc2c(C#N)cnc3cc(-c4ccc(CN5CCSCC5)cc4)ccc23)c(Cl)cc1Cl. The fraction of sp³-hybridized carbons (Fsp3) is 0.214. The molecule has 5 nitrogen and oxygen atoms in total. The van der Waals surface area contributed by atoms with Crippen molar-refractivity contribution < 1.29 is 4.74 Å². The van der Waals surface area contributed by atoms with E-state index in [1.807, 2.05) is 23.9 Å². The number of nitrogens with zero attached hydrogens (tertiary/aromatic N) is 3. The maximum Gasteiger partial charge on any atom is 0.139 e. The number of anilines is 2. The molecule has 0 aliphatic carbocycles. The average molecular weight is 536 g/mol. The smallest absolute Gasteiger partial charge is 0.139 e. The lowest BCUT2D eigenvalue weighted by atomic mass is 10.0. The molecular formula is C28H24Cl2N4OS. The lowest BCUT2D eigenvalue weighted by Crippen LogP contribution is -2.31. The number of thioether (sulfide) groups is 1. The highest BCUT2D eigenvalue weighted by molar-refractivity contribution is 7.99. The van der Waals surface area contributed by atoms with Gasteiger partial charge in [-0.15, -0.1) is 0 Å². The quantitative estimate of drug-likeness (QED) is 0.278. The number of pyridine rings is 1. The highest BCUT2D eigenvalue weighted by atomic mass is 35.5. The Morgan fingerprint density at radius 1 is 1.03 bits per heavy atom. The summed E-state index contributed by atoms with van der Waals surface area (Å²) in [4.78, 5) is 7.06. The normalized spacial score (nSPS) is 13.9.